The molecule has 1 fully saturated rings. The quantitative estimate of drug-likeness (QED) is 0.714. The number of aryl methyl sites for hydroxylation is 1. The van der Waals surface area contributed by atoms with Gasteiger partial charge in [-0.2, -0.15) is 0 Å². The van der Waals surface area contributed by atoms with Crippen LogP contribution in [0.15, 0.2) is 33.9 Å². The minimum absolute atomic E-state index is 0.0483. The molecule has 0 radical (unpaired) electrons. The van der Waals surface area contributed by atoms with E-state index in [-0.39, 0.29) is 18.1 Å². The van der Waals surface area contributed by atoms with Gasteiger partial charge < -0.3 is 9.88 Å². The van der Waals surface area contributed by atoms with Gasteiger partial charge in [0.05, 0.1) is 22.5 Å². The number of carbonyl (C=O) groups excluding carboxylic acids is 1. The second kappa shape index (κ2) is 5.90. The molecule has 1 aromatic carbocycles. The molecule has 1 atom stereocenters. The van der Waals surface area contributed by atoms with Gasteiger partial charge in [0.15, 0.2) is 9.84 Å². The number of amides is 1. The molecular formula is C15H17N3O5S. The Morgan fingerprint density at radius 1 is 1.21 bits per heavy atom. The van der Waals surface area contributed by atoms with Crippen molar-refractivity contribution in [3.8, 4) is 0 Å². The zero-order valence-electron chi connectivity index (χ0n) is 13.1. The normalized spacial score (nSPS) is 19.5. The maximum Gasteiger partial charge on any atom is 0.317 e. The van der Waals surface area contributed by atoms with Crippen molar-refractivity contribution < 1.29 is 13.2 Å². The van der Waals surface area contributed by atoms with Crippen molar-refractivity contribution >= 4 is 26.8 Å². The first kappa shape index (κ1) is 16.4. The number of hydrogen-bond donors (Lipinski definition) is 1. The second-order valence-electron chi connectivity index (χ2n) is 5.91. The first-order valence-corrected chi connectivity index (χ1v) is 9.29. The van der Waals surface area contributed by atoms with Crippen molar-refractivity contribution in [2.45, 2.75) is 19.0 Å². The van der Waals surface area contributed by atoms with Crippen molar-refractivity contribution in [3.63, 3.8) is 0 Å². The van der Waals surface area contributed by atoms with Crippen LogP contribution in [0.1, 0.15) is 6.42 Å². The molecule has 24 heavy (non-hydrogen) atoms. The van der Waals surface area contributed by atoms with Crippen LogP contribution >= 0.6 is 0 Å². The average Bonchev–Trinajstić information content (AvgIpc) is 2.88. The lowest BCUT2D eigenvalue weighted by molar-refractivity contribution is -0.122. The molecule has 1 aromatic heterocycles. The number of para-hydroxylation sites is 2. The van der Waals surface area contributed by atoms with Crippen LogP contribution in [0.4, 0.5) is 0 Å². The molecule has 1 amide bonds. The molecule has 0 aliphatic carbocycles. The fourth-order valence-corrected chi connectivity index (χ4v) is 4.61. The summed E-state index contributed by atoms with van der Waals surface area (Å²) in [6, 6.07) is 6.35. The summed E-state index contributed by atoms with van der Waals surface area (Å²) < 4.78 is 25.2. The third-order valence-electron chi connectivity index (χ3n) is 4.17. The van der Waals surface area contributed by atoms with Gasteiger partial charge >= 0.3 is 11.1 Å². The van der Waals surface area contributed by atoms with Crippen LogP contribution in [-0.2, 0) is 28.2 Å². The summed E-state index contributed by atoms with van der Waals surface area (Å²) >= 11 is 0. The summed E-state index contributed by atoms with van der Waals surface area (Å²) in [5.41, 5.74) is -0.493. The van der Waals surface area contributed by atoms with E-state index in [9.17, 15) is 22.8 Å². The Balaban J connectivity index is 1.92. The van der Waals surface area contributed by atoms with Crippen LogP contribution in [0.3, 0.4) is 0 Å². The van der Waals surface area contributed by atoms with E-state index in [0.29, 0.717) is 17.5 Å². The zero-order chi connectivity index (χ0) is 17.5. The van der Waals surface area contributed by atoms with E-state index >= 15 is 0 Å². The molecule has 1 aliphatic heterocycles. The molecule has 0 bridgehead atoms. The highest BCUT2D eigenvalue weighted by Gasteiger charge is 2.29. The molecule has 0 spiro atoms. The standard InChI is InChI=1S/C15H17N3O5S/c1-17-11-4-2-3-5-12(11)18(15(21)14(17)20)8-13(19)16-10-6-7-24(22,23)9-10/h2-5,10H,6-9H2,1H3,(H,16,19)/t10-/m1/s1. The van der Waals surface area contributed by atoms with Crippen molar-refractivity contribution in [2.75, 3.05) is 11.5 Å². The van der Waals surface area contributed by atoms with Gasteiger partial charge in [0.1, 0.15) is 6.54 Å². The Kier molecular flexibility index (Phi) is 4.04. The van der Waals surface area contributed by atoms with Gasteiger partial charge in [-0.1, -0.05) is 12.1 Å². The lowest BCUT2D eigenvalue weighted by Gasteiger charge is -2.14. The Morgan fingerprint density at radius 3 is 2.50 bits per heavy atom. The molecule has 128 valence electrons. The van der Waals surface area contributed by atoms with Crippen LogP contribution in [0.5, 0.6) is 0 Å². The number of hydrogen-bond acceptors (Lipinski definition) is 5. The maximum absolute atomic E-state index is 12.2. The highest BCUT2D eigenvalue weighted by atomic mass is 32.2. The number of nitrogens with zero attached hydrogens (tertiary/aromatic N) is 2. The van der Waals surface area contributed by atoms with Gasteiger partial charge in [-0.05, 0) is 18.6 Å². The highest BCUT2D eigenvalue weighted by Crippen LogP contribution is 2.12. The van der Waals surface area contributed by atoms with Crippen LogP contribution in [0.25, 0.3) is 11.0 Å². The minimum Gasteiger partial charge on any atom is -0.351 e. The molecule has 1 N–H and O–H groups in total. The number of fused-ring (bicyclic) bond motifs is 1. The van der Waals surface area contributed by atoms with Gasteiger partial charge in [0.2, 0.25) is 5.91 Å². The van der Waals surface area contributed by atoms with Crippen molar-refractivity contribution in [1.29, 1.82) is 0 Å². The molecule has 1 aliphatic rings. The second-order valence-corrected chi connectivity index (χ2v) is 8.14. The molecule has 1 saturated heterocycles. The first-order chi connectivity index (χ1) is 11.3. The van der Waals surface area contributed by atoms with Gasteiger partial charge in [-0.3, -0.25) is 19.0 Å². The summed E-state index contributed by atoms with van der Waals surface area (Å²) in [6.07, 6.45) is 0.361. The predicted octanol–water partition coefficient (Wildman–Crippen LogP) is -0.996. The Hall–Kier alpha value is -2.42. The minimum atomic E-state index is -3.11. The van der Waals surface area contributed by atoms with E-state index in [2.05, 4.69) is 5.32 Å². The summed E-state index contributed by atoms with van der Waals surface area (Å²) in [6.45, 7) is -0.327. The number of carbonyl (C=O) groups is 1. The van der Waals surface area contributed by atoms with Crippen molar-refractivity contribution in [1.82, 2.24) is 14.5 Å². The highest BCUT2D eigenvalue weighted by molar-refractivity contribution is 7.91. The third-order valence-corrected chi connectivity index (χ3v) is 5.93. The zero-order valence-corrected chi connectivity index (χ0v) is 13.9. The molecule has 2 heterocycles. The molecule has 2 aromatic rings. The molecule has 0 saturated carbocycles. The summed E-state index contributed by atoms with van der Waals surface area (Å²) in [7, 11) is -1.61. The third kappa shape index (κ3) is 2.99. The summed E-state index contributed by atoms with van der Waals surface area (Å²) in [5, 5.41) is 2.62. The van der Waals surface area contributed by atoms with Crippen molar-refractivity contribution in [2.24, 2.45) is 7.05 Å². The number of benzene rings is 1. The largest absolute Gasteiger partial charge is 0.351 e. The molecule has 8 nitrogen and oxygen atoms in total. The van der Waals surface area contributed by atoms with Crippen LogP contribution in [-0.4, -0.2) is 41.0 Å². The first-order valence-electron chi connectivity index (χ1n) is 7.47. The Labute approximate surface area is 137 Å². The number of rotatable bonds is 3. The maximum atomic E-state index is 12.2. The molecule has 0 unspecified atom stereocenters. The van der Waals surface area contributed by atoms with E-state index in [1.165, 1.54) is 11.6 Å². The predicted molar refractivity (Wildman–Crippen MR) is 88.7 cm³/mol. The smallest absolute Gasteiger partial charge is 0.317 e. The lowest BCUT2D eigenvalue weighted by atomic mass is 10.2. The van der Waals surface area contributed by atoms with E-state index in [1.807, 2.05) is 0 Å². The number of aromatic nitrogens is 2. The number of sulfone groups is 1. The monoisotopic (exact) mass is 351 g/mol. The van der Waals surface area contributed by atoms with E-state index in [0.717, 1.165) is 4.57 Å². The van der Waals surface area contributed by atoms with Gasteiger partial charge in [-0.25, -0.2) is 8.42 Å². The van der Waals surface area contributed by atoms with Gasteiger partial charge in [-0.15, -0.1) is 0 Å². The summed E-state index contributed by atoms with van der Waals surface area (Å²) in [4.78, 5) is 36.5. The van der Waals surface area contributed by atoms with E-state index < -0.39 is 32.9 Å². The van der Waals surface area contributed by atoms with Gasteiger partial charge in [0.25, 0.3) is 0 Å². The molecule has 9 heteroatoms. The lowest BCUT2D eigenvalue weighted by Crippen LogP contribution is -2.44. The van der Waals surface area contributed by atoms with Crippen molar-refractivity contribution in [3.05, 3.63) is 45.0 Å². The average molecular weight is 351 g/mol. The Bertz CT molecular complexity index is 1040. The van der Waals surface area contributed by atoms with Crippen LogP contribution in [0, 0.1) is 0 Å². The van der Waals surface area contributed by atoms with Gasteiger partial charge in [0, 0.05) is 13.1 Å². The summed E-state index contributed by atoms with van der Waals surface area (Å²) in [5.74, 6) is -0.532. The Morgan fingerprint density at radius 2 is 1.88 bits per heavy atom. The topological polar surface area (TPSA) is 107 Å². The number of nitrogens with one attached hydrogen (secondary N) is 1. The van der Waals surface area contributed by atoms with E-state index in [1.54, 1.807) is 24.3 Å². The van der Waals surface area contributed by atoms with Crippen LogP contribution < -0.4 is 16.4 Å². The van der Waals surface area contributed by atoms with Crippen LogP contribution in [0.2, 0.25) is 0 Å². The molecule has 3 rings (SSSR count). The SMILES string of the molecule is Cn1c(=O)c(=O)n(CC(=O)N[C@@H]2CCS(=O)(=O)C2)c2ccccc21. The fraction of sp³-hybridized carbons (Fsp3) is 0.400. The van der Waals surface area contributed by atoms with E-state index in [4.69, 9.17) is 0 Å². The molecular weight excluding hydrogens is 334 g/mol. The fourth-order valence-electron chi connectivity index (χ4n) is 2.94.